The van der Waals surface area contributed by atoms with Gasteiger partial charge in [0.05, 0.1) is 5.25 Å². The molecule has 0 bridgehead atoms. The second-order valence-electron chi connectivity index (χ2n) is 4.28. The zero-order valence-corrected chi connectivity index (χ0v) is 13.0. The summed E-state index contributed by atoms with van der Waals surface area (Å²) in [6.07, 6.45) is 1.01. The van der Waals surface area contributed by atoms with Gasteiger partial charge in [0.25, 0.3) is 0 Å². The topological polar surface area (TPSA) is 87.2 Å². The Labute approximate surface area is 125 Å². The maximum Gasteiger partial charge on any atom is 0.324 e. The normalized spacial score (nSPS) is 16.1. The van der Waals surface area contributed by atoms with Crippen LogP contribution >= 0.6 is 23.1 Å². The van der Waals surface area contributed by atoms with Gasteiger partial charge in [-0.3, -0.25) is 9.69 Å². The quantitative estimate of drug-likeness (QED) is 0.772. The molecule has 1 aliphatic heterocycles. The molecular weight excluding hydrogens is 298 g/mol. The number of carbonyl (C=O) groups excluding carboxylic acids is 2. The molecule has 2 heterocycles. The third-order valence-corrected chi connectivity index (χ3v) is 4.73. The Hall–Kier alpha value is -1.35. The van der Waals surface area contributed by atoms with Crippen molar-refractivity contribution in [2.75, 3.05) is 25.0 Å². The van der Waals surface area contributed by atoms with Crippen LogP contribution in [-0.4, -0.2) is 51.9 Å². The van der Waals surface area contributed by atoms with E-state index < -0.39 is 0 Å². The first-order chi connectivity index (χ1) is 9.61. The zero-order valence-electron chi connectivity index (χ0n) is 11.4. The van der Waals surface area contributed by atoms with E-state index in [1.54, 1.807) is 6.92 Å². The Balaban J connectivity index is 1.90. The summed E-state index contributed by atoms with van der Waals surface area (Å²) in [6, 6.07) is -0.315. The van der Waals surface area contributed by atoms with Gasteiger partial charge >= 0.3 is 6.03 Å². The van der Waals surface area contributed by atoms with Gasteiger partial charge in [-0.05, 0) is 13.3 Å². The van der Waals surface area contributed by atoms with Gasteiger partial charge in [0, 0.05) is 19.6 Å². The van der Waals surface area contributed by atoms with Gasteiger partial charge in [0.15, 0.2) is 4.34 Å². The Bertz CT molecular complexity index is 493. The van der Waals surface area contributed by atoms with E-state index in [0.717, 1.165) is 22.4 Å². The number of nitrogens with zero attached hydrogens (tertiary/aromatic N) is 3. The fourth-order valence-electron chi connectivity index (χ4n) is 1.66. The third kappa shape index (κ3) is 3.60. The third-order valence-electron chi connectivity index (χ3n) is 2.68. The van der Waals surface area contributed by atoms with E-state index in [9.17, 15) is 9.59 Å². The average Bonchev–Trinajstić information content (AvgIpc) is 3.04. The number of aromatic nitrogens is 2. The van der Waals surface area contributed by atoms with Crippen molar-refractivity contribution in [3.05, 3.63) is 0 Å². The molecule has 2 N–H and O–H groups in total. The number of hydrogen-bond acceptors (Lipinski definition) is 7. The van der Waals surface area contributed by atoms with Crippen LogP contribution in [-0.2, 0) is 4.79 Å². The van der Waals surface area contributed by atoms with Crippen molar-refractivity contribution in [2.45, 2.75) is 29.9 Å². The van der Waals surface area contributed by atoms with E-state index in [0.29, 0.717) is 13.1 Å². The summed E-state index contributed by atoms with van der Waals surface area (Å²) in [6.45, 7) is 5.65. The summed E-state index contributed by atoms with van der Waals surface area (Å²) in [5.74, 6) is -0.191. The largest absolute Gasteiger partial charge is 0.360 e. The molecule has 1 aromatic rings. The van der Waals surface area contributed by atoms with Crippen LogP contribution < -0.4 is 10.6 Å². The number of nitrogens with one attached hydrogen (secondary N) is 2. The molecule has 1 fully saturated rings. The van der Waals surface area contributed by atoms with E-state index in [4.69, 9.17) is 0 Å². The summed E-state index contributed by atoms with van der Waals surface area (Å²) in [5.41, 5.74) is 0. The van der Waals surface area contributed by atoms with Crippen molar-refractivity contribution in [2.24, 2.45) is 0 Å². The van der Waals surface area contributed by atoms with E-state index in [1.807, 2.05) is 0 Å². The molecule has 3 amide bonds. The minimum absolute atomic E-state index is 0.191. The van der Waals surface area contributed by atoms with Gasteiger partial charge < -0.3 is 10.6 Å². The smallest absolute Gasteiger partial charge is 0.324 e. The van der Waals surface area contributed by atoms with Gasteiger partial charge in [0.1, 0.15) is 0 Å². The molecule has 2 rings (SSSR count). The molecule has 20 heavy (non-hydrogen) atoms. The maximum absolute atomic E-state index is 12.1. The molecule has 1 atom stereocenters. The standard InChI is InChI=1S/C11H17N5O2S2/c1-3-4-12-9-14-15-11(20-9)19-7(2)8(17)16-6-5-13-10(16)18/h7H,3-6H2,1-2H3,(H,12,14)(H,13,18)/t7-/m0/s1. The van der Waals surface area contributed by atoms with Crippen molar-refractivity contribution in [1.82, 2.24) is 20.4 Å². The molecule has 7 nitrogen and oxygen atoms in total. The van der Waals surface area contributed by atoms with E-state index in [2.05, 4.69) is 27.8 Å². The minimum atomic E-state index is -0.356. The first-order valence-corrected chi connectivity index (χ1v) is 8.14. The van der Waals surface area contributed by atoms with Crippen molar-refractivity contribution in [3.63, 3.8) is 0 Å². The Morgan fingerprint density at radius 2 is 2.40 bits per heavy atom. The van der Waals surface area contributed by atoms with Crippen LogP contribution in [0.25, 0.3) is 0 Å². The predicted molar refractivity (Wildman–Crippen MR) is 79.1 cm³/mol. The van der Waals surface area contributed by atoms with Crippen molar-refractivity contribution < 1.29 is 9.59 Å². The lowest BCUT2D eigenvalue weighted by Gasteiger charge is -2.16. The van der Waals surface area contributed by atoms with Crippen LogP contribution in [0.5, 0.6) is 0 Å². The van der Waals surface area contributed by atoms with Crippen LogP contribution in [0, 0.1) is 0 Å². The Morgan fingerprint density at radius 3 is 3.05 bits per heavy atom. The molecule has 0 unspecified atom stereocenters. The van der Waals surface area contributed by atoms with E-state index >= 15 is 0 Å². The zero-order chi connectivity index (χ0) is 14.5. The molecule has 0 spiro atoms. The minimum Gasteiger partial charge on any atom is -0.360 e. The fraction of sp³-hybridized carbons (Fsp3) is 0.636. The molecule has 1 aromatic heterocycles. The summed E-state index contributed by atoms with van der Waals surface area (Å²) in [5, 5.41) is 14.2. The molecule has 0 aromatic carbocycles. The van der Waals surface area contributed by atoms with Gasteiger partial charge in [-0.25, -0.2) is 4.79 Å². The van der Waals surface area contributed by atoms with Crippen molar-refractivity contribution in [1.29, 1.82) is 0 Å². The van der Waals surface area contributed by atoms with Gasteiger partial charge in [0.2, 0.25) is 11.0 Å². The molecule has 0 aliphatic carbocycles. The van der Waals surface area contributed by atoms with Crippen LogP contribution in [0.4, 0.5) is 9.93 Å². The van der Waals surface area contributed by atoms with Gasteiger partial charge in [-0.2, -0.15) is 0 Å². The molecule has 1 saturated heterocycles. The molecule has 0 saturated carbocycles. The van der Waals surface area contributed by atoms with Crippen LogP contribution in [0.1, 0.15) is 20.3 Å². The molecule has 110 valence electrons. The summed E-state index contributed by atoms with van der Waals surface area (Å²) in [7, 11) is 0. The maximum atomic E-state index is 12.1. The van der Waals surface area contributed by atoms with Gasteiger partial charge in [-0.15, -0.1) is 10.2 Å². The molecular formula is C11H17N5O2S2. The number of imide groups is 1. The SMILES string of the molecule is CCCNc1nnc(S[C@@H](C)C(=O)N2CCNC2=O)s1. The second kappa shape index (κ2) is 6.89. The first-order valence-electron chi connectivity index (χ1n) is 6.45. The highest BCUT2D eigenvalue weighted by atomic mass is 32.2. The lowest BCUT2D eigenvalue weighted by atomic mass is 10.4. The van der Waals surface area contributed by atoms with E-state index in [-0.39, 0.29) is 17.2 Å². The number of anilines is 1. The summed E-state index contributed by atoms with van der Waals surface area (Å²) < 4.78 is 0.726. The lowest BCUT2D eigenvalue weighted by molar-refractivity contribution is -0.126. The highest BCUT2D eigenvalue weighted by Crippen LogP contribution is 2.29. The molecule has 9 heteroatoms. The van der Waals surface area contributed by atoms with Crippen molar-refractivity contribution >= 4 is 40.2 Å². The number of urea groups is 1. The number of rotatable bonds is 6. The van der Waals surface area contributed by atoms with Crippen LogP contribution in [0.3, 0.4) is 0 Å². The lowest BCUT2D eigenvalue weighted by Crippen LogP contribution is -2.38. The summed E-state index contributed by atoms with van der Waals surface area (Å²) >= 11 is 2.75. The summed E-state index contributed by atoms with van der Waals surface area (Å²) in [4.78, 5) is 24.8. The Kier molecular flexibility index (Phi) is 5.18. The Morgan fingerprint density at radius 1 is 1.60 bits per heavy atom. The number of thioether (sulfide) groups is 1. The van der Waals surface area contributed by atoms with Crippen LogP contribution in [0.15, 0.2) is 4.34 Å². The van der Waals surface area contributed by atoms with Gasteiger partial charge in [-0.1, -0.05) is 30.0 Å². The monoisotopic (exact) mass is 315 g/mol. The van der Waals surface area contributed by atoms with E-state index in [1.165, 1.54) is 28.0 Å². The molecule has 0 radical (unpaired) electrons. The van der Waals surface area contributed by atoms with Crippen molar-refractivity contribution in [3.8, 4) is 0 Å². The first kappa shape index (κ1) is 15.0. The number of hydrogen-bond donors (Lipinski definition) is 2. The second-order valence-corrected chi connectivity index (χ2v) is 6.85. The fourth-order valence-corrected chi connectivity index (χ4v) is 3.65. The average molecular weight is 315 g/mol. The molecule has 1 aliphatic rings. The number of amides is 3. The number of carbonyl (C=O) groups is 2. The highest BCUT2D eigenvalue weighted by Gasteiger charge is 2.30. The predicted octanol–water partition coefficient (Wildman–Crippen LogP) is 1.39. The highest BCUT2D eigenvalue weighted by molar-refractivity contribution is 8.02. The van der Waals surface area contributed by atoms with Crippen LogP contribution in [0.2, 0.25) is 0 Å².